The van der Waals surface area contributed by atoms with Gasteiger partial charge in [-0.05, 0) is 30.9 Å². The summed E-state index contributed by atoms with van der Waals surface area (Å²) in [5.74, 6) is 0.518. The Kier molecular flexibility index (Phi) is 3.21. The lowest BCUT2D eigenvalue weighted by Gasteiger charge is -2.09. The third-order valence-electron chi connectivity index (χ3n) is 2.76. The number of hydrogen-bond acceptors (Lipinski definition) is 3. The van der Waals surface area contributed by atoms with Gasteiger partial charge in [0.1, 0.15) is 5.69 Å². The topological polar surface area (TPSA) is 55.2 Å². The number of halogens is 2. The second-order valence-electron chi connectivity index (χ2n) is 4.13. The SMILES string of the molecule is O=[N+]([O-])c1c(NCC2CC2)cccc1C(F)F. The first-order chi connectivity index (χ1) is 8.09. The highest BCUT2D eigenvalue weighted by atomic mass is 19.3. The molecule has 1 N–H and O–H groups in total. The summed E-state index contributed by atoms with van der Waals surface area (Å²) in [6.07, 6.45) is -0.650. The van der Waals surface area contributed by atoms with Crippen LogP contribution in [-0.2, 0) is 0 Å². The van der Waals surface area contributed by atoms with Crippen LogP contribution < -0.4 is 5.32 Å². The number of nitrogens with zero attached hydrogens (tertiary/aromatic N) is 1. The van der Waals surface area contributed by atoms with E-state index in [1.54, 1.807) is 0 Å². The highest BCUT2D eigenvalue weighted by molar-refractivity contribution is 5.65. The first kappa shape index (κ1) is 11.8. The lowest BCUT2D eigenvalue weighted by Crippen LogP contribution is -2.07. The maximum Gasteiger partial charge on any atom is 0.301 e. The Morgan fingerprint density at radius 1 is 1.47 bits per heavy atom. The first-order valence-electron chi connectivity index (χ1n) is 5.39. The molecule has 0 bridgehead atoms. The van der Waals surface area contributed by atoms with E-state index in [0.29, 0.717) is 12.5 Å². The molecule has 2 rings (SSSR count). The predicted octanol–water partition coefficient (Wildman–Crippen LogP) is 3.35. The highest BCUT2D eigenvalue weighted by Gasteiger charge is 2.27. The molecule has 92 valence electrons. The van der Waals surface area contributed by atoms with E-state index in [-0.39, 0.29) is 5.69 Å². The molecular formula is C11H12F2N2O2. The lowest BCUT2D eigenvalue weighted by molar-refractivity contribution is -0.385. The summed E-state index contributed by atoms with van der Waals surface area (Å²) in [7, 11) is 0. The van der Waals surface area contributed by atoms with Crippen molar-refractivity contribution in [1.29, 1.82) is 0 Å². The van der Waals surface area contributed by atoms with Gasteiger partial charge in [0, 0.05) is 6.54 Å². The van der Waals surface area contributed by atoms with Crippen molar-refractivity contribution < 1.29 is 13.7 Å². The summed E-state index contributed by atoms with van der Waals surface area (Å²) < 4.78 is 25.3. The van der Waals surface area contributed by atoms with Crippen molar-refractivity contribution in [2.75, 3.05) is 11.9 Å². The zero-order valence-electron chi connectivity index (χ0n) is 9.03. The average molecular weight is 242 g/mol. The summed E-state index contributed by atoms with van der Waals surface area (Å²) in [5.41, 5.74) is -0.862. The molecule has 0 spiro atoms. The Labute approximate surface area is 96.8 Å². The largest absolute Gasteiger partial charge is 0.379 e. The molecule has 0 unspecified atom stereocenters. The van der Waals surface area contributed by atoms with Crippen molar-refractivity contribution in [2.45, 2.75) is 19.3 Å². The molecule has 0 amide bonds. The predicted molar refractivity (Wildman–Crippen MR) is 59.3 cm³/mol. The van der Waals surface area contributed by atoms with Gasteiger partial charge in [0.2, 0.25) is 0 Å². The monoisotopic (exact) mass is 242 g/mol. The third-order valence-corrected chi connectivity index (χ3v) is 2.76. The van der Waals surface area contributed by atoms with Crippen LogP contribution in [-0.4, -0.2) is 11.5 Å². The fourth-order valence-corrected chi connectivity index (χ4v) is 1.66. The van der Waals surface area contributed by atoms with Gasteiger partial charge >= 0.3 is 5.69 Å². The molecular weight excluding hydrogens is 230 g/mol. The van der Waals surface area contributed by atoms with Gasteiger partial charge in [-0.25, -0.2) is 8.78 Å². The number of nitro groups is 1. The number of nitrogens with one attached hydrogen (secondary N) is 1. The van der Waals surface area contributed by atoms with Gasteiger partial charge < -0.3 is 5.32 Å². The Balaban J connectivity index is 2.28. The number of rotatable bonds is 5. The van der Waals surface area contributed by atoms with E-state index in [1.807, 2.05) is 0 Å². The van der Waals surface area contributed by atoms with Crippen LogP contribution in [0.2, 0.25) is 0 Å². The summed E-state index contributed by atoms with van der Waals surface area (Å²) in [4.78, 5) is 10.1. The third kappa shape index (κ3) is 2.69. The molecule has 1 aromatic carbocycles. The van der Waals surface area contributed by atoms with Crippen molar-refractivity contribution in [1.82, 2.24) is 0 Å². The molecule has 17 heavy (non-hydrogen) atoms. The van der Waals surface area contributed by atoms with Crippen LogP contribution in [0.5, 0.6) is 0 Å². The van der Waals surface area contributed by atoms with Crippen molar-refractivity contribution in [3.8, 4) is 0 Å². The van der Waals surface area contributed by atoms with Crippen molar-refractivity contribution in [3.05, 3.63) is 33.9 Å². The van der Waals surface area contributed by atoms with Crippen LogP contribution in [0.1, 0.15) is 24.8 Å². The fraction of sp³-hybridized carbons (Fsp3) is 0.455. The van der Waals surface area contributed by atoms with Crippen molar-refractivity contribution >= 4 is 11.4 Å². The zero-order chi connectivity index (χ0) is 12.4. The van der Waals surface area contributed by atoms with Gasteiger partial charge in [-0.15, -0.1) is 0 Å². The second-order valence-corrected chi connectivity index (χ2v) is 4.13. The number of hydrogen-bond donors (Lipinski definition) is 1. The second kappa shape index (κ2) is 4.65. The molecule has 1 saturated carbocycles. The zero-order valence-corrected chi connectivity index (χ0v) is 9.03. The molecule has 1 aliphatic rings. The van der Waals surface area contributed by atoms with Gasteiger partial charge in [0.15, 0.2) is 0 Å². The Hall–Kier alpha value is -1.72. The molecule has 0 aromatic heterocycles. The smallest absolute Gasteiger partial charge is 0.301 e. The number of nitro benzene ring substituents is 1. The van der Waals surface area contributed by atoms with E-state index in [9.17, 15) is 18.9 Å². The fourth-order valence-electron chi connectivity index (χ4n) is 1.66. The van der Waals surface area contributed by atoms with Gasteiger partial charge in [-0.1, -0.05) is 6.07 Å². The lowest BCUT2D eigenvalue weighted by atomic mass is 10.1. The van der Waals surface area contributed by atoms with Crippen LogP contribution >= 0.6 is 0 Å². The van der Waals surface area contributed by atoms with E-state index in [4.69, 9.17) is 0 Å². The standard InChI is InChI=1S/C11H12F2N2O2/c12-11(13)8-2-1-3-9(10(8)15(16)17)14-6-7-4-5-7/h1-3,7,11,14H,4-6H2. The molecule has 1 aliphatic carbocycles. The summed E-state index contributed by atoms with van der Waals surface area (Å²) in [5, 5.41) is 13.7. The Bertz CT molecular complexity index is 433. The van der Waals surface area contributed by atoms with Gasteiger partial charge in [0.25, 0.3) is 6.43 Å². The van der Waals surface area contributed by atoms with Crippen LogP contribution in [0.4, 0.5) is 20.2 Å². The minimum Gasteiger partial charge on any atom is -0.379 e. The Morgan fingerprint density at radius 2 is 2.18 bits per heavy atom. The molecule has 0 saturated heterocycles. The van der Waals surface area contributed by atoms with E-state index in [2.05, 4.69) is 5.32 Å². The maximum atomic E-state index is 12.6. The minimum absolute atomic E-state index is 0.180. The van der Waals surface area contributed by atoms with E-state index in [1.165, 1.54) is 12.1 Å². The minimum atomic E-state index is -2.84. The molecule has 6 heteroatoms. The van der Waals surface area contributed by atoms with Crippen LogP contribution in [0.25, 0.3) is 0 Å². The molecule has 0 aliphatic heterocycles. The molecule has 0 radical (unpaired) electrons. The number of benzene rings is 1. The van der Waals surface area contributed by atoms with E-state index < -0.39 is 22.6 Å². The van der Waals surface area contributed by atoms with Gasteiger partial charge in [0.05, 0.1) is 10.5 Å². The summed E-state index contributed by atoms with van der Waals surface area (Å²) >= 11 is 0. The molecule has 4 nitrogen and oxygen atoms in total. The van der Waals surface area contributed by atoms with Gasteiger partial charge in [-0.2, -0.15) is 0 Å². The molecule has 0 atom stereocenters. The number of anilines is 1. The van der Waals surface area contributed by atoms with Crippen molar-refractivity contribution in [2.24, 2.45) is 5.92 Å². The average Bonchev–Trinajstić information content (AvgIpc) is 3.09. The van der Waals surface area contributed by atoms with Crippen LogP contribution in [0.15, 0.2) is 18.2 Å². The highest BCUT2D eigenvalue weighted by Crippen LogP contribution is 2.36. The number of alkyl halides is 2. The normalized spacial score (nSPS) is 15.0. The molecule has 1 aromatic rings. The van der Waals surface area contributed by atoms with Gasteiger partial charge in [-0.3, -0.25) is 10.1 Å². The first-order valence-corrected chi connectivity index (χ1v) is 5.39. The van der Waals surface area contributed by atoms with Crippen LogP contribution in [0, 0.1) is 16.0 Å². The molecule has 0 heterocycles. The quantitative estimate of drug-likeness (QED) is 0.636. The van der Waals surface area contributed by atoms with Crippen molar-refractivity contribution in [3.63, 3.8) is 0 Å². The maximum absolute atomic E-state index is 12.6. The summed E-state index contributed by atoms with van der Waals surface area (Å²) in [6, 6.07) is 3.96. The number of para-hydroxylation sites is 1. The van der Waals surface area contributed by atoms with E-state index >= 15 is 0 Å². The summed E-state index contributed by atoms with van der Waals surface area (Å²) in [6.45, 7) is 0.605. The Morgan fingerprint density at radius 3 is 2.71 bits per heavy atom. The van der Waals surface area contributed by atoms with E-state index in [0.717, 1.165) is 18.9 Å². The van der Waals surface area contributed by atoms with Crippen LogP contribution in [0.3, 0.4) is 0 Å². The molecule has 1 fully saturated rings.